The van der Waals surface area contributed by atoms with Gasteiger partial charge in [-0.15, -0.1) is 0 Å². The van der Waals surface area contributed by atoms with Crippen LogP contribution in [0.3, 0.4) is 0 Å². The molecule has 0 bridgehead atoms. The summed E-state index contributed by atoms with van der Waals surface area (Å²) in [5.41, 5.74) is 4.17. The maximum absolute atomic E-state index is 12.1. The summed E-state index contributed by atoms with van der Waals surface area (Å²) in [7, 11) is 0. The molecule has 0 radical (unpaired) electrons. The Morgan fingerprint density at radius 1 is 1.06 bits per heavy atom. The van der Waals surface area contributed by atoms with Gasteiger partial charge in [0.2, 0.25) is 0 Å². The van der Waals surface area contributed by atoms with Crippen LogP contribution < -0.4 is 16.0 Å². The van der Waals surface area contributed by atoms with Crippen LogP contribution in [0.2, 0.25) is 0 Å². The third-order valence-electron chi connectivity index (χ3n) is 5.67. The molecule has 3 N–H and O–H groups in total. The summed E-state index contributed by atoms with van der Waals surface area (Å²) in [5, 5.41) is 9.68. The molecule has 1 aliphatic rings. The summed E-state index contributed by atoms with van der Waals surface area (Å²) < 4.78 is 6.16. The molecule has 172 valence electrons. The van der Waals surface area contributed by atoms with E-state index < -0.39 is 0 Å². The maximum Gasteiger partial charge on any atom is 0.251 e. The number of hydrogen-bond acceptors (Lipinski definition) is 3. The summed E-state index contributed by atoms with van der Waals surface area (Å²) in [6.45, 7) is 9.60. The number of carbonyl (C=O) groups is 1. The van der Waals surface area contributed by atoms with Gasteiger partial charge in [0.05, 0.1) is 12.6 Å². The number of aryl methyl sites for hydroxylation is 1. The molecule has 6 heteroatoms. The van der Waals surface area contributed by atoms with E-state index in [1.165, 1.54) is 11.1 Å². The molecule has 2 aromatic carbocycles. The molecule has 0 aliphatic carbocycles. The Kier molecular flexibility index (Phi) is 9.11. The van der Waals surface area contributed by atoms with Crippen LogP contribution in [-0.4, -0.2) is 38.1 Å². The number of hydrogen-bond donors (Lipinski definition) is 3. The highest BCUT2D eigenvalue weighted by Crippen LogP contribution is 2.33. The summed E-state index contributed by atoms with van der Waals surface area (Å²) in [4.78, 5) is 16.8. The first-order valence-electron chi connectivity index (χ1n) is 11.7. The lowest BCUT2D eigenvalue weighted by Gasteiger charge is -2.32. The second kappa shape index (κ2) is 12.2. The number of benzene rings is 2. The van der Waals surface area contributed by atoms with Crippen molar-refractivity contribution in [2.75, 3.05) is 26.2 Å². The molecule has 0 spiro atoms. The molecule has 1 aliphatic heterocycles. The monoisotopic (exact) mass is 436 g/mol. The molecular weight excluding hydrogens is 400 g/mol. The summed E-state index contributed by atoms with van der Waals surface area (Å²) >= 11 is 0. The molecule has 3 rings (SSSR count). The fourth-order valence-corrected chi connectivity index (χ4v) is 3.99. The number of aliphatic imine (C=N–C) groups is 1. The first-order chi connectivity index (χ1) is 15.6. The van der Waals surface area contributed by atoms with Gasteiger partial charge in [-0.2, -0.15) is 0 Å². The number of ether oxygens (including phenoxy) is 1. The van der Waals surface area contributed by atoms with E-state index in [-0.39, 0.29) is 12.0 Å². The van der Waals surface area contributed by atoms with Gasteiger partial charge in [-0.05, 0) is 56.9 Å². The van der Waals surface area contributed by atoms with Crippen LogP contribution >= 0.6 is 0 Å². The number of rotatable bonds is 8. The molecule has 0 saturated carbocycles. The third-order valence-corrected chi connectivity index (χ3v) is 5.67. The molecule has 1 saturated heterocycles. The zero-order valence-electron chi connectivity index (χ0n) is 19.5. The van der Waals surface area contributed by atoms with Gasteiger partial charge in [0.15, 0.2) is 5.96 Å². The van der Waals surface area contributed by atoms with Gasteiger partial charge in [0, 0.05) is 37.7 Å². The number of carbonyl (C=O) groups excluding carboxylic acids is 1. The molecule has 6 nitrogen and oxygen atoms in total. The Hall–Kier alpha value is -2.86. The van der Waals surface area contributed by atoms with E-state index in [0.717, 1.165) is 44.1 Å². The SMILES string of the molecule is CCNC(=O)c1cccc(CN=C(NCC)NCC2CCCOC2c2ccc(C)cc2)c1. The quantitative estimate of drug-likeness (QED) is 0.432. The number of amides is 1. The van der Waals surface area contributed by atoms with Gasteiger partial charge in [-0.25, -0.2) is 4.99 Å². The lowest BCUT2D eigenvalue weighted by molar-refractivity contribution is -0.0265. The van der Waals surface area contributed by atoms with E-state index in [1.54, 1.807) is 0 Å². The molecule has 32 heavy (non-hydrogen) atoms. The van der Waals surface area contributed by atoms with E-state index >= 15 is 0 Å². The van der Waals surface area contributed by atoms with E-state index in [9.17, 15) is 4.79 Å². The zero-order chi connectivity index (χ0) is 22.8. The van der Waals surface area contributed by atoms with Crippen molar-refractivity contribution in [1.82, 2.24) is 16.0 Å². The van der Waals surface area contributed by atoms with Crippen LogP contribution in [0.4, 0.5) is 0 Å². The van der Waals surface area contributed by atoms with Crippen molar-refractivity contribution in [3.8, 4) is 0 Å². The minimum atomic E-state index is -0.0530. The van der Waals surface area contributed by atoms with Crippen molar-refractivity contribution in [1.29, 1.82) is 0 Å². The Morgan fingerprint density at radius 3 is 2.59 bits per heavy atom. The smallest absolute Gasteiger partial charge is 0.251 e. The average Bonchev–Trinajstić information content (AvgIpc) is 2.82. The van der Waals surface area contributed by atoms with Gasteiger partial charge in [0.1, 0.15) is 0 Å². The molecule has 1 amide bonds. The molecule has 2 unspecified atom stereocenters. The Labute approximate surface area is 191 Å². The lowest BCUT2D eigenvalue weighted by Crippen LogP contribution is -2.42. The first-order valence-corrected chi connectivity index (χ1v) is 11.7. The largest absolute Gasteiger partial charge is 0.373 e. The predicted molar refractivity (Wildman–Crippen MR) is 130 cm³/mol. The van der Waals surface area contributed by atoms with Crippen molar-refractivity contribution < 1.29 is 9.53 Å². The fourth-order valence-electron chi connectivity index (χ4n) is 3.99. The Morgan fingerprint density at radius 2 is 1.84 bits per heavy atom. The number of guanidine groups is 1. The van der Waals surface area contributed by atoms with Crippen LogP contribution in [0.5, 0.6) is 0 Å². The van der Waals surface area contributed by atoms with Crippen LogP contribution in [0.1, 0.15) is 59.8 Å². The molecule has 1 heterocycles. The van der Waals surface area contributed by atoms with Crippen LogP contribution in [0.15, 0.2) is 53.5 Å². The summed E-state index contributed by atoms with van der Waals surface area (Å²) in [6, 6.07) is 16.3. The van der Waals surface area contributed by atoms with Gasteiger partial charge >= 0.3 is 0 Å². The van der Waals surface area contributed by atoms with Gasteiger partial charge in [0.25, 0.3) is 5.91 Å². The second-order valence-electron chi connectivity index (χ2n) is 8.24. The van der Waals surface area contributed by atoms with E-state index in [1.807, 2.05) is 31.2 Å². The maximum atomic E-state index is 12.1. The van der Waals surface area contributed by atoms with Gasteiger partial charge < -0.3 is 20.7 Å². The Bertz CT molecular complexity index is 895. The van der Waals surface area contributed by atoms with Gasteiger partial charge in [-0.1, -0.05) is 42.0 Å². The minimum absolute atomic E-state index is 0.0530. The van der Waals surface area contributed by atoms with Crippen LogP contribution in [0.25, 0.3) is 0 Å². The summed E-state index contributed by atoms with van der Waals surface area (Å²) in [5.74, 6) is 1.11. The normalized spacial score (nSPS) is 18.8. The standard InChI is InChI=1S/C26H36N4O2/c1-4-27-25(31)22-9-6-8-20(16-22)17-29-26(28-5-2)30-18-23-10-7-15-32-24(23)21-13-11-19(3)12-14-21/h6,8-9,11-14,16,23-24H,4-5,7,10,15,17-18H2,1-3H3,(H,27,31)(H2,28,29,30). The van der Waals surface area contributed by atoms with Crippen LogP contribution in [-0.2, 0) is 11.3 Å². The average molecular weight is 437 g/mol. The zero-order valence-corrected chi connectivity index (χ0v) is 19.5. The predicted octanol–water partition coefficient (Wildman–Crippen LogP) is 3.97. The fraction of sp³-hybridized carbons (Fsp3) is 0.462. The molecule has 0 aromatic heterocycles. The van der Waals surface area contributed by atoms with Crippen molar-refractivity contribution in [3.63, 3.8) is 0 Å². The third kappa shape index (κ3) is 6.82. The molecular formula is C26H36N4O2. The van der Waals surface area contributed by atoms with Crippen molar-refractivity contribution >= 4 is 11.9 Å². The van der Waals surface area contributed by atoms with Gasteiger partial charge in [-0.3, -0.25) is 4.79 Å². The number of nitrogens with one attached hydrogen (secondary N) is 3. The number of nitrogens with zero attached hydrogens (tertiary/aromatic N) is 1. The van der Waals surface area contributed by atoms with Crippen molar-refractivity contribution in [3.05, 3.63) is 70.8 Å². The lowest BCUT2D eigenvalue weighted by atomic mass is 9.89. The first kappa shape index (κ1) is 23.8. The van der Waals surface area contributed by atoms with E-state index in [0.29, 0.717) is 24.6 Å². The highest BCUT2D eigenvalue weighted by atomic mass is 16.5. The van der Waals surface area contributed by atoms with Crippen molar-refractivity contribution in [2.45, 2.75) is 46.3 Å². The second-order valence-corrected chi connectivity index (χ2v) is 8.24. The molecule has 2 aromatic rings. The highest BCUT2D eigenvalue weighted by molar-refractivity contribution is 5.94. The topological polar surface area (TPSA) is 74.8 Å². The molecule has 1 fully saturated rings. The van der Waals surface area contributed by atoms with E-state index in [4.69, 9.17) is 9.73 Å². The van der Waals surface area contributed by atoms with E-state index in [2.05, 4.69) is 54.1 Å². The molecule has 2 atom stereocenters. The minimum Gasteiger partial charge on any atom is -0.373 e. The summed E-state index contributed by atoms with van der Waals surface area (Å²) in [6.07, 6.45) is 2.31. The highest BCUT2D eigenvalue weighted by Gasteiger charge is 2.27. The Balaban J connectivity index is 1.64. The van der Waals surface area contributed by atoms with Crippen LogP contribution in [0, 0.1) is 12.8 Å². The van der Waals surface area contributed by atoms with Crippen molar-refractivity contribution in [2.24, 2.45) is 10.9 Å².